The first-order valence-corrected chi connectivity index (χ1v) is 12.8. The van der Waals surface area contributed by atoms with E-state index in [2.05, 4.69) is 6.92 Å². The monoisotopic (exact) mass is 449 g/mol. The van der Waals surface area contributed by atoms with Crippen LogP contribution in [0.5, 0.6) is 0 Å². The van der Waals surface area contributed by atoms with E-state index in [4.69, 9.17) is 10.2 Å². The molecule has 0 aliphatic rings. The highest BCUT2D eigenvalue weighted by molar-refractivity contribution is 7.76. The first-order chi connectivity index (χ1) is 14.4. The summed E-state index contributed by atoms with van der Waals surface area (Å²) in [6.07, 6.45) is 18.7. The maximum Gasteiger partial charge on any atom is 0.322 e. The number of rotatable bonds is 22. The summed E-state index contributed by atoms with van der Waals surface area (Å²) >= 11 is -2.50. The minimum Gasteiger partial charge on any atom is -0.481 e. The van der Waals surface area contributed by atoms with Crippen molar-refractivity contribution < 1.29 is 28.6 Å². The molecule has 0 aromatic carbocycles. The van der Waals surface area contributed by atoms with Crippen LogP contribution in [0.3, 0.4) is 0 Å². The van der Waals surface area contributed by atoms with Gasteiger partial charge in [-0.05, 0) is 6.42 Å². The van der Waals surface area contributed by atoms with Gasteiger partial charge in [-0.3, -0.25) is 14.1 Å². The normalized spacial score (nSPS) is 13.4. The van der Waals surface area contributed by atoms with Crippen LogP contribution >= 0.6 is 0 Å². The Morgan fingerprint density at radius 3 is 1.40 bits per heavy atom. The average Bonchev–Trinajstić information content (AvgIpc) is 2.68. The summed E-state index contributed by atoms with van der Waals surface area (Å²) < 4.78 is 21.6. The van der Waals surface area contributed by atoms with Gasteiger partial charge in [-0.2, -0.15) is 4.31 Å². The van der Waals surface area contributed by atoms with E-state index in [9.17, 15) is 18.4 Å². The molecule has 2 unspecified atom stereocenters. The highest BCUT2D eigenvalue weighted by Gasteiger charge is 2.31. The van der Waals surface area contributed by atoms with Gasteiger partial charge in [0.2, 0.25) is 11.3 Å². The lowest BCUT2D eigenvalue weighted by Gasteiger charge is -2.23. The molecule has 0 fully saturated rings. The van der Waals surface area contributed by atoms with Crippen molar-refractivity contribution in [2.45, 2.75) is 122 Å². The van der Waals surface area contributed by atoms with Crippen molar-refractivity contribution in [3.63, 3.8) is 0 Å². The molecular formula is C22H43NO6S. The zero-order valence-corrected chi connectivity index (χ0v) is 19.5. The average molecular weight is 450 g/mol. The smallest absolute Gasteiger partial charge is 0.322 e. The van der Waals surface area contributed by atoms with Crippen molar-refractivity contribution in [3.05, 3.63) is 0 Å². The molecule has 0 saturated heterocycles. The van der Waals surface area contributed by atoms with Crippen LogP contribution in [0.25, 0.3) is 0 Å². The van der Waals surface area contributed by atoms with Gasteiger partial charge >= 0.3 is 11.9 Å². The number of carbonyl (C=O) groups is 2. The molecule has 178 valence electrons. The molecule has 0 radical (unpaired) electrons. The summed E-state index contributed by atoms with van der Waals surface area (Å²) in [6.45, 7) is 2.35. The molecule has 0 aliphatic carbocycles. The molecule has 0 heterocycles. The number of unbranched alkanes of at least 4 members (excludes halogenated alkanes) is 15. The van der Waals surface area contributed by atoms with Crippen molar-refractivity contribution >= 4 is 23.2 Å². The third-order valence-electron chi connectivity index (χ3n) is 5.43. The van der Waals surface area contributed by atoms with Crippen molar-refractivity contribution in [1.29, 1.82) is 0 Å². The Morgan fingerprint density at radius 2 is 1.10 bits per heavy atom. The first-order valence-electron chi connectivity index (χ1n) is 11.7. The molecular weight excluding hydrogens is 406 g/mol. The number of hydrogen-bond donors (Lipinski definition) is 3. The summed E-state index contributed by atoms with van der Waals surface area (Å²) in [4.78, 5) is 22.0. The summed E-state index contributed by atoms with van der Waals surface area (Å²) in [5.41, 5.74) is 0. The molecule has 8 heteroatoms. The topological polar surface area (TPSA) is 115 Å². The maximum atomic E-state index is 11.4. The second-order valence-electron chi connectivity index (χ2n) is 8.13. The Balaban J connectivity index is 3.65. The third-order valence-corrected chi connectivity index (χ3v) is 6.27. The minimum absolute atomic E-state index is 0.103. The molecule has 7 nitrogen and oxygen atoms in total. The summed E-state index contributed by atoms with van der Waals surface area (Å²) in [5.74, 6) is -2.69. The SMILES string of the molecule is CCCCCCCCCCCCCCCCCCN(C(CC(=O)O)C(=O)O)S(=O)O. The standard InChI is InChI=1S/C22H43NO6S/c1-2-3-4-5-6-7-8-9-10-11-12-13-14-15-16-17-18-23(30(28)29)20(22(26)27)19-21(24)25/h20H,2-19H2,1H3,(H,24,25)(H,26,27)(H,28,29). The number of carboxylic acids is 2. The van der Waals surface area contributed by atoms with Gasteiger partial charge in [-0.25, -0.2) is 4.21 Å². The van der Waals surface area contributed by atoms with Crippen LogP contribution in [0.1, 0.15) is 116 Å². The van der Waals surface area contributed by atoms with Crippen LogP contribution < -0.4 is 0 Å². The Bertz CT molecular complexity index is 475. The molecule has 3 N–H and O–H groups in total. The molecule has 0 aromatic heterocycles. The van der Waals surface area contributed by atoms with Crippen molar-refractivity contribution in [2.24, 2.45) is 0 Å². The van der Waals surface area contributed by atoms with E-state index >= 15 is 0 Å². The van der Waals surface area contributed by atoms with Crippen molar-refractivity contribution in [3.8, 4) is 0 Å². The lowest BCUT2D eigenvalue weighted by Crippen LogP contribution is -2.44. The zero-order chi connectivity index (χ0) is 22.6. The van der Waals surface area contributed by atoms with Crippen molar-refractivity contribution in [2.75, 3.05) is 6.54 Å². The Labute approximate surface area is 185 Å². The van der Waals surface area contributed by atoms with Crippen LogP contribution in [-0.2, 0) is 20.9 Å². The van der Waals surface area contributed by atoms with Crippen LogP contribution in [-0.4, -0.2) is 47.8 Å². The molecule has 2 atom stereocenters. The van der Waals surface area contributed by atoms with Gasteiger partial charge in [-0.15, -0.1) is 0 Å². The highest BCUT2D eigenvalue weighted by Crippen LogP contribution is 2.15. The van der Waals surface area contributed by atoms with E-state index < -0.39 is 35.7 Å². The van der Waals surface area contributed by atoms with Crippen LogP contribution in [0.4, 0.5) is 0 Å². The Morgan fingerprint density at radius 1 is 0.733 bits per heavy atom. The fourth-order valence-corrected chi connectivity index (χ4v) is 4.30. The quantitative estimate of drug-likeness (QED) is 0.146. The molecule has 0 rings (SSSR count). The number of aliphatic carboxylic acids is 2. The van der Waals surface area contributed by atoms with Gasteiger partial charge in [-0.1, -0.05) is 103 Å². The van der Waals surface area contributed by atoms with Crippen LogP contribution in [0, 0.1) is 0 Å². The molecule has 0 bridgehead atoms. The van der Waals surface area contributed by atoms with Crippen LogP contribution in [0.15, 0.2) is 0 Å². The lowest BCUT2D eigenvalue weighted by molar-refractivity contribution is -0.148. The molecule has 0 aliphatic heterocycles. The second-order valence-corrected chi connectivity index (χ2v) is 9.06. The van der Waals surface area contributed by atoms with Gasteiger partial charge in [0.15, 0.2) is 0 Å². The first kappa shape index (κ1) is 29.0. The van der Waals surface area contributed by atoms with Crippen molar-refractivity contribution in [1.82, 2.24) is 4.31 Å². The predicted molar refractivity (Wildman–Crippen MR) is 121 cm³/mol. The van der Waals surface area contributed by atoms with Gasteiger partial charge < -0.3 is 10.2 Å². The third kappa shape index (κ3) is 16.8. The van der Waals surface area contributed by atoms with E-state index in [0.29, 0.717) is 6.42 Å². The van der Waals surface area contributed by atoms with E-state index in [-0.39, 0.29) is 6.54 Å². The van der Waals surface area contributed by atoms with Gasteiger partial charge in [0.25, 0.3) is 0 Å². The van der Waals surface area contributed by atoms with Gasteiger partial charge in [0.1, 0.15) is 6.04 Å². The van der Waals surface area contributed by atoms with E-state index in [1.807, 2.05) is 0 Å². The molecule has 0 aromatic rings. The van der Waals surface area contributed by atoms with E-state index in [1.54, 1.807) is 0 Å². The number of nitrogens with zero attached hydrogens (tertiary/aromatic N) is 1. The fourth-order valence-electron chi connectivity index (χ4n) is 3.64. The van der Waals surface area contributed by atoms with E-state index in [1.165, 1.54) is 77.0 Å². The Hall–Kier alpha value is -0.990. The predicted octanol–water partition coefficient (Wildman–Crippen LogP) is 5.61. The highest BCUT2D eigenvalue weighted by atomic mass is 32.2. The molecule has 0 amide bonds. The number of hydrogen-bond acceptors (Lipinski definition) is 3. The fraction of sp³-hybridized carbons (Fsp3) is 0.909. The summed E-state index contributed by atoms with van der Waals surface area (Å²) in [5, 5.41) is 17.9. The van der Waals surface area contributed by atoms with Crippen LogP contribution in [0.2, 0.25) is 0 Å². The largest absolute Gasteiger partial charge is 0.481 e. The maximum absolute atomic E-state index is 11.4. The number of carboxylic acid groups (broad SMARTS) is 2. The molecule has 30 heavy (non-hydrogen) atoms. The van der Waals surface area contributed by atoms with E-state index in [0.717, 1.165) is 23.6 Å². The second kappa shape index (κ2) is 19.9. The minimum atomic E-state index is -2.50. The summed E-state index contributed by atoms with van der Waals surface area (Å²) in [6, 6.07) is -1.48. The van der Waals surface area contributed by atoms with Gasteiger partial charge in [0.05, 0.1) is 6.42 Å². The Kier molecular flexibility index (Phi) is 19.3. The lowest BCUT2D eigenvalue weighted by atomic mass is 10.0. The zero-order valence-electron chi connectivity index (χ0n) is 18.7. The molecule has 0 spiro atoms. The molecule has 0 saturated carbocycles. The summed E-state index contributed by atoms with van der Waals surface area (Å²) in [7, 11) is 0. The van der Waals surface area contributed by atoms with Gasteiger partial charge in [0, 0.05) is 6.54 Å².